The molecule has 0 saturated carbocycles. The number of aromatic nitrogens is 1. The number of methoxy groups -OCH3 is 2. The molecule has 4 aromatic rings. The standard InChI is InChI=1S/C26H17Br2NO2/c1-30-23-12-18-22(13-24(23)31-2)26(19-4-3-9-29-25(18)19)20-10-14(27)5-7-16(20)17-8-6-15(28)11-21(17)26/h3-13H,1-2H3. The van der Waals surface area contributed by atoms with Crippen LogP contribution >= 0.6 is 31.9 Å². The van der Waals surface area contributed by atoms with Crippen LogP contribution in [0.2, 0.25) is 0 Å². The lowest BCUT2D eigenvalue weighted by molar-refractivity contribution is 0.354. The van der Waals surface area contributed by atoms with Crippen LogP contribution in [0.4, 0.5) is 0 Å². The van der Waals surface area contributed by atoms with Crippen molar-refractivity contribution in [1.82, 2.24) is 4.98 Å². The maximum atomic E-state index is 5.72. The van der Waals surface area contributed by atoms with Crippen LogP contribution in [0.15, 0.2) is 75.8 Å². The Morgan fingerprint density at radius 1 is 0.677 bits per heavy atom. The van der Waals surface area contributed by atoms with Gasteiger partial charge in [0.2, 0.25) is 0 Å². The number of benzene rings is 3. The Bertz CT molecular complexity index is 1350. The number of ether oxygens (including phenoxy) is 2. The zero-order chi connectivity index (χ0) is 21.3. The molecule has 0 aliphatic heterocycles. The van der Waals surface area contributed by atoms with E-state index in [1.54, 1.807) is 14.2 Å². The molecule has 0 fully saturated rings. The van der Waals surface area contributed by atoms with Crippen molar-refractivity contribution in [3.63, 3.8) is 0 Å². The highest BCUT2D eigenvalue weighted by molar-refractivity contribution is 9.10. The van der Waals surface area contributed by atoms with Gasteiger partial charge < -0.3 is 9.47 Å². The molecule has 0 unspecified atom stereocenters. The quantitative estimate of drug-likeness (QED) is 0.240. The summed E-state index contributed by atoms with van der Waals surface area (Å²) in [4.78, 5) is 4.82. The Hall–Kier alpha value is -2.63. The fourth-order valence-corrected chi connectivity index (χ4v) is 6.02. The van der Waals surface area contributed by atoms with Crippen LogP contribution in [-0.2, 0) is 5.41 Å². The lowest BCUT2D eigenvalue weighted by atomic mass is 9.71. The van der Waals surface area contributed by atoms with Gasteiger partial charge in [-0.25, -0.2) is 0 Å². The summed E-state index contributed by atoms with van der Waals surface area (Å²) in [5.41, 5.74) is 8.89. The first kappa shape index (κ1) is 19.1. The van der Waals surface area contributed by atoms with Crippen LogP contribution in [0.3, 0.4) is 0 Å². The molecule has 1 aromatic heterocycles. The third kappa shape index (κ3) is 2.36. The van der Waals surface area contributed by atoms with Gasteiger partial charge in [0.15, 0.2) is 11.5 Å². The summed E-state index contributed by atoms with van der Waals surface area (Å²) in [7, 11) is 3.35. The molecule has 0 radical (unpaired) electrons. The van der Waals surface area contributed by atoms with Gasteiger partial charge in [0.1, 0.15) is 0 Å². The average Bonchev–Trinajstić information content (AvgIpc) is 3.23. The van der Waals surface area contributed by atoms with E-state index in [9.17, 15) is 0 Å². The van der Waals surface area contributed by atoms with Gasteiger partial charge in [-0.05, 0) is 75.8 Å². The van der Waals surface area contributed by atoms with E-state index in [0.717, 1.165) is 25.8 Å². The fourth-order valence-electron chi connectivity index (χ4n) is 5.30. The Morgan fingerprint density at radius 3 is 1.87 bits per heavy atom. The van der Waals surface area contributed by atoms with E-state index in [0.29, 0.717) is 11.5 Å². The highest BCUT2D eigenvalue weighted by Gasteiger charge is 2.53. The van der Waals surface area contributed by atoms with E-state index in [4.69, 9.17) is 14.5 Å². The van der Waals surface area contributed by atoms with Gasteiger partial charge in [-0.3, -0.25) is 4.98 Å². The summed E-state index contributed by atoms with van der Waals surface area (Å²) in [5, 5.41) is 0. The van der Waals surface area contributed by atoms with Crippen molar-refractivity contribution >= 4 is 31.9 Å². The highest BCUT2D eigenvalue weighted by Crippen LogP contribution is 2.63. The molecule has 0 N–H and O–H groups in total. The van der Waals surface area contributed by atoms with Gasteiger partial charge >= 0.3 is 0 Å². The number of hydrogen-bond acceptors (Lipinski definition) is 3. The summed E-state index contributed by atoms with van der Waals surface area (Å²) >= 11 is 7.43. The second-order valence-corrected chi connectivity index (χ2v) is 9.61. The van der Waals surface area contributed by atoms with E-state index in [-0.39, 0.29) is 0 Å². The summed E-state index contributed by atoms with van der Waals surface area (Å²) in [6.45, 7) is 0. The molecular formula is C26H17Br2NO2. The Labute approximate surface area is 197 Å². The van der Waals surface area contributed by atoms with E-state index >= 15 is 0 Å². The lowest BCUT2D eigenvalue weighted by Crippen LogP contribution is -2.26. The monoisotopic (exact) mass is 533 g/mol. The summed E-state index contributed by atoms with van der Waals surface area (Å²) < 4.78 is 13.5. The molecule has 3 nitrogen and oxygen atoms in total. The number of hydrogen-bond donors (Lipinski definition) is 0. The van der Waals surface area contributed by atoms with Crippen LogP contribution in [0.25, 0.3) is 22.4 Å². The number of pyridine rings is 1. The lowest BCUT2D eigenvalue weighted by Gasteiger charge is -2.30. The molecule has 152 valence electrons. The first-order chi connectivity index (χ1) is 15.1. The Kier molecular flexibility index (Phi) is 4.11. The Balaban J connectivity index is 1.84. The first-order valence-corrected chi connectivity index (χ1v) is 11.5. The molecule has 0 amide bonds. The smallest absolute Gasteiger partial charge is 0.161 e. The van der Waals surface area contributed by atoms with Crippen LogP contribution < -0.4 is 9.47 Å². The fraction of sp³-hybridized carbons (Fsp3) is 0.115. The van der Waals surface area contributed by atoms with Gasteiger partial charge in [0.25, 0.3) is 0 Å². The molecule has 1 heterocycles. The molecule has 2 aliphatic rings. The van der Waals surface area contributed by atoms with Crippen LogP contribution in [-0.4, -0.2) is 19.2 Å². The van der Waals surface area contributed by atoms with Crippen molar-refractivity contribution in [2.75, 3.05) is 14.2 Å². The molecule has 1 spiro atoms. The van der Waals surface area contributed by atoms with Crippen molar-refractivity contribution in [1.29, 1.82) is 0 Å². The molecule has 5 heteroatoms. The number of halogens is 2. The van der Waals surface area contributed by atoms with Crippen molar-refractivity contribution in [2.24, 2.45) is 0 Å². The molecule has 3 aromatic carbocycles. The summed E-state index contributed by atoms with van der Waals surface area (Å²) in [5.74, 6) is 1.42. The molecular weight excluding hydrogens is 518 g/mol. The minimum atomic E-state index is -0.475. The molecule has 0 bridgehead atoms. The van der Waals surface area contributed by atoms with E-state index in [2.05, 4.69) is 86.5 Å². The van der Waals surface area contributed by atoms with Crippen molar-refractivity contribution in [3.8, 4) is 33.9 Å². The van der Waals surface area contributed by atoms with E-state index < -0.39 is 5.41 Å². The average molecular weight is 535 g/mol. The zero-order valence-corrected chi connectivity index (χ0v) is 20.0. The van der Waals surface area contributed by atoms with E-state index in [1.165, 1.54) is 27.8 Å². The van der Waals surface area contributed by atoms with Gasteiger partial charge in [-0.2, -0.15) is 0 Å². The maximum absolute atomic E-state index is 5.72. The van der Waals surface area contributed by atoms with Gasteiger partial charge in [0, 0.05) is 20.7 Å². The maximum Gasteiger partial charge on any atom is 0.161 e. The third-order valence-corrected chi connectivity index (χ3v) is 7.44. The normalized spacial score (nSPS) is 14.1. The topological polar surface area (TPSA) is 31.4 Å². The summed E-state index contributed by atoms with van der Waals surface area (Å²) in [6.07, 6.45) is 1.86. The van der Waals surface area contributed by atoms with Crippen LogP contribution in [0.5, 0.6) is 11.5 Å². The third-order valence-electron chi connectivity index (χ3n) is 6.46. The molecule has 0 atom stereocenters. The largest absolute Gasteiger partial charge is 0.493 e. The predicted octanol–water partition coefficient (Wildman–Crippen LogP) is 6.97. The number of nitrogens with zero attached hydrogens (tertiary/aromatic N) is 1. The van der Waals surface area contributed by atoms with E-state index in [1.807, 2.05) is 12.3 Å². The van der Waals surface area contributed by atoms with Gasteiger partial charge in [0.05, 0.1) is 25.3 Å². The van der Waals surface area contributed by atoms with Gasteiger partial charge in [-0.15, -0.1) is 0 Å². The van der Waals surface area contributed by atoms with Crippen molar-refractivity contribution in [2.45, 2.75) is 5.41 Å². The van der Waals surface area contributed by atoms with Gasteiger partial charge in [-0.1, -0.05) is 50.1 Å². The van der Waals surface area contributed by atoms with Crippen LogP contribution in [0, 0.1) is 0 Å². The van der Waals surface area contributed by atoms with Crippen molar-refractivity contribution in [3.05, 3.63) is 98.1 Å². The molecule has 2 aliphatic carbocycles. The zero-order valence-electron chi connectivity index (χ0n) is 16.9. The second kappa shape index (κ2) is 6.68. The van der Waals surface area contributed by atoms with Crippen LogP contribution in [0.1, 0.15) is 22.3 Å². The number of fused-ring (bicyclic) bond motifs is 10. The molecule has 0 saturated heterocycles. The minimum absolute atomic E-state index is 0.475. The molecule has 31 heavy (non-hydrogen) atoms. The minimum Gasteiger partial charge on any atom is -0.493 e. The summed E-state index contributed by atoms with van der Waals surface area (Å²) in [6, 6.07) is 21.5. The number of rotatable bonds is 2. The SMILES string of the molecule is COc1cc2c(cc1OC)C1(c3cc(Br)ccc3-c3ccc(Br)cc31)c1cccnc1-2. The molecule has 6 rings (SSSR count). The highest BCUT2D eigenvalue weighted by atomic mass is 79.9. The predicted molar refractivity (Wildman–Crippen MR) is 129 cm³/mol. The second-order valence-electron chi connectivity index (χ2n) is 7.78. The van der Waals surface area contributed by atoms with Crippen molar-refractivity contribution < 1.29 is 9.47 Å². The Morgan fingerprint density at radius 2 is 1.26 bits per heavy atom. The first-order valence-electron chi connectivity index (χ1n) is 9.92.